The summed E-state index contributed by atoms with van der Waals surface area (Å²) >= 11 is 0. The highest BCUT2D eigenvalue weighted by molar-refractivity contribution is 5.97. The predicted molar refractivity (Wildman–Crippen MR) is 107 cm³/mol. The van der Waals surface area contributed by atoms with Gasteiger partial charge in [0, 0.05) is 12.4 Å². The third kappa shape index (κ3) is 5.57. The fourth-order valence-corrected chi connectivity index (χ4v) is 3.20. The molecule has 0 spiro atoms. The minimum atomic E-state index is -4.71. The first-order chi connectivity index (χ1) is 15.5. The molecule has 0 radical (unpaired) electrons. The van der Waals surface area contributed by atoms with Crippen LogP contribution >= 0.6 is 0 Å². The molecule has 0 aliphatic heterocycles. The quantitative estimate of drug-likeness (QED) is 0.423. The summed E-state index contributed by atoms with van der Waals surface area (Å²) in [6.07, 6.45) is -3.35. The molecule has 0 aliphatic carbocycles. The van der Waals surface area contributed by atoms with Crippen LogP contribution in [0.3, 0.4) is 0 Å². The fourth-order valence-electron chi connectivity index (χ4n) is 3.20. The zero-order valence-electron chi connectivity index (χ0n) is 17.9. The highest BCUT2D eigenvalue weighted by Crippen LogP contribution is 2.26. The molecule has 0 saturated carbocycles. The number of aromatic nitrogens is 3. The van der Waals surface area contributed by atoms with Crippen LogP contribution in [0.2, 0.25) is 0 Å². The van der Waals surface area contributed by atoms with Gasteiger partial charge in [-0.3, -0.25) is 14.2 Å². The number of esters is 1. The lowest BCUT2D eigenvalue weighted by Crippen LogP contribution is -2.44. The minimum Gasteiger partial charge on any atom is -0.483 e. The molecular weight excluding hydrogens is 448 g/mol. The molecule has 1 unspecified atom stereocenters. The SMILES string of the molecule is COC(=O)C(CC(F)(F)F)NC(=O)c1c(C)nc2c(OCc3ncccc3F)cc(C)cn12. The molecule has 0 fully saturated rings. The zero-order chi connectivity index (χ0) is 24.3. The lowest BCUT2D eigenvalue weighted by molar-refractivity contribution is -0.160. The van der Waals surface area contributed by atoms with E-state index >= 15 is 0 Å². The van der Waals surface area contributed by atoms with Crippen molar-refractivity contribution >= 4 is 17.5 Å². The second-order valence-corrected chi connectivity index (χ2v) is 7.21. The topological polar surface area (TPSA) is 94.8 Å². The molecule has 1 amide bonds. The monoisotopic (exact) mass is 468 g/mol. The van der Waals surface area contributed by atoms with Crippen LogP contribution in [0.1, 0.15) is 33.9 Å². The van der Waals surface area contributed by atoms with E-state index in [0.717, 1.165) is 7.11 Å². The normalized spacial score (nSPS) is 12.5. The summed E-state index contributed by atoms with van der Waals surface area (Å²) in [5.74, 6) is -2.53. The van der Waals surface area contributed by atoms with E-state index in [4.69, 9.17) is 4.74 Å². The highest BCUT2D eigenvalue weighted by Gasteiger charge is 2.37. The lowest BCUT2D eigenvalue weighted by Gasteiger charge is -2.18. The summed E-state index contributed by atoms with van der Waals surface area (Å²) in [6.45, 7) is 2.97. The Hall–Kier alpha value is -3.70. The molecule has 0 bridgehead atoms. The van der Waals surface area contributed by atoms with Gasteiger partial charge in [0.2, 0.25) is 0 Å². The first-order valence-electron chi connectivity index (χ1n) is 9.67. The molecule has 0 aromatic carbocycles. The van der Waals surface area contributed by atoms with Gasteiger partial charge in [-0.15, -0.1) is 0 Å². The molecule has 33 heavy (non-hydrogen) atoms. The molecule has 1 N–H and O–H groups in total. The van der Waals surface area contributed by atoms with Crippen LogP contribution in [0.25, 0.3) is 5.65 Å². The number of pyridine rings is 2. The van der Waals surface area contributed by atoms with Gasteiger partial charge in [-0.05, 0) is 37.6 Å². The Morgan fingerprint density at radius 1 is 1.27 bits per heavy atom. The second kappa shape index (κ2) is 9.43. The Morgan fingerprint density at radius 2 is 2.00 bits per heavy atom. The van der Waals surface area contributed by atoms with Crippen LogP contribution in [0, 0.1) is 19.7 Å². The average Bonchev–Trinajstić information content (AvgIpc) is 3.06. The van der Waals surface area contributed by atoms with E-state index in [0.29, 0.717) is 5.56 Å². The molecule has 8 nitrogen and oxygen atoms in total. The van der Waals surface area contributed by atoms with Crippen molar-refractivity contribution in [2.45, 2.75) is 39.1 Å². The average molecular weight is 468 g/mol. The Labute approximate surface area is 185 Å². The molecule has 176 valence electrons. The van der Waals surface area contributed by atoms with E-state index in [9.17, 15) is 27.2 Å². The lowest BCUT2D eigenvalue weighted by atomic mass is 10.2. The van der Waals surface area contributed by atoms with Crippen molar-refractivity contribution in [3.63, 3.8) is 0 Å². The van der Waals surface area contributed by atoms with Gasteiger partial charge in [-0.1, -0.05) is 0 Å². The summed E-state index contributed by atoms with van der Waals surface area (Å²) in [5.41, 5.74) is 0.975. The summed E-state index contributed by atoms with van der Waals surface area (Å²) < 4.78 is 63.8. The number of amides is 1. The smallest absolute Gasteiger partial charge is 0.391 e. The molecule has 3 rings (SSSR count). The van der Waals surface area contributed by atoms with E-state index in [1.807, 2.05) is 0 Å². The summed E-state index contributed by atoms with van der Waals surface area (Å²) in [7, 11) is 0.925. The Kier molecular flexibility index (Phi) is 6.84. The molecule has 3 aromatic heterocycles. The van der Waals surface area contributed by atoms with Crippen molar-refractivity contribution in [1.82, 2.24) is 19.7 Å². The number of carbonyl (C=O) groups excluding carboxylic acids is 2. The molecule has 0 saturated heterocycles. The van der Waals surface area contributed by atoms with Crippen molar-refractivity contribution in [2.75, 3.05) is 7.11 Å². The second-order valence-electron chi connectivity index (χ2n) is 7.21. The van der Waals surface area contributed by atoms with Crippen molar-refractivity contribution < 1.29 is 36.6 Å². The largest absolute Gasteiger partial charge is 0.483 e. The van der Waals surface area contributed by atoms with Gasteiger partial charge in [0.05, 0.1) is 19.2 Å². The Morgan fingerprint density at radius 3 is 2.64 bits per heavy atom. The van der Waals surface area contributed by atoms with E-state index in [1.54, 1.807) is 13.0 Å². The zero-order valence-corrected chi connectivity index (χ0v) is 17.9. The molecule has 12 heteroatoms. The molecule has 3 aromatic rings. The number of ether oxygens (including phenoxy) is 2. The van der Waals surface area contributed by atoms with Crippen molar-refractivity contribution in [2.24, 2.45) is 0 Å². The highest BCUT2D eigenvalue weighted by atomic mass is 19.4. The predicted octanol–water partition coefficient (Wildman–Crippen LogP) is 3.29. The van der Waals surface area contributed by atoms with Gasteiger partial charge in [0.25, 0.3) is 5.91 Å². The summed E-state index contributed by atoms with van der Waals surface area (Å²) in [6, 6.07) is 2.36. The van der Waals surface area contributed by atoms with Crippen molar-refractivity contribution in [1.29, 1.82) is 0 Å². The number of halogens is 4. The standard InChI is InChI=1S/C21H20F4N4O4/c1-11-7-16(33-10-15-13(22)5-4-6-26-15)18-27-12(2)17(29(18)9-11)19(30)28-14(20(31)32-3)8-21(23,24)25/h4-7,9,14H,8,10H2,1-3H3,(H,28,30). The maximum absolute atomic E-state index is 13.9. The molecular formula is C21H20F4N4O4. The number of hydrogen-bond donors (Lipinski definition) is 1. The number of aryl methyl sites for hydroxylation is 2. The van der Waals surface area contributed by atoms with E-state index < -0.39 is 36.3 Å². The summed E-state index contributed by atoms with van der Waals surface area (Å²) in [5, 5.41) is 2.07. The number of nitrogens with one attached hydrogen (secondary N) is 1. The van der Waals surface area contributed by atoms with Crippen LogP contribution < -0.4 is 10.1 Å². The molecule has 1 atom stereocenters. The third-order valence-electron chi connectivity index (χ3n) is 4.64. The van der Waals surface area contributed by atoms with E-state index in [-0.39, 0.29) is 35.1 Å². The van der Waals surface area contributed by atoms with Crippen LogP contribution in [0.5, 0.6) is 5.75 Å². The number of hydrogen-bond acceptors (Lipinski definition) is 6. The van der Waals surface area contributed by atoms with E-state index in [1.165, 1.54) is 35.9 Å². The van der Waals surface area contributed by atoms with Crippen LogP contribution in [0.4, 0.5) is 17.6 Å². The van der Waals surface area contributed by atoms with Crippen LogP contribution in [-0.4, -0.2) is 45.6 Å². The third-order valence-corrected chi connectivity index (χ3v) is 4.64. The molecule has 3 heterocycles. The maximum Gasteiger partial charge on any atom is 0.391 e. The summed E-state index contributed by atoms with van der Waals surface area (Å²) in [4.78, 5) is 32.8. The van der Waals surface area contributed by atoms with Gasteiger partial charge in [0.15, 0.2) is 11.4 Å². The maximum atomic E-state index is 13.9. The van der Waals surface area contributed by atoms with Crippen LogP contribution in [0.15, 0.2) is 30.6 Å². The van der Waals surface area contributed by atoms with Crippen molar-refractivity contribution in [3.8, 4) is 5.75 Å². The van der Waals surface area contributed by atoms with Gasteiger partial charge >= 0.3 is 12.1 Å². The Balaban J connectivity index is 1.94. The van der Waals surface area contributed by atoms with Gasteiger partial charge in [-0.25, -0.2) is 14.2 Å². The minimum absolute atomic E-state index is 0.0615. The molecule has 0 aliphatic rings. The first-order valence-corrected chi connectivity index (χ1v) is 9.67. The number of alkyl halides is 3. The van der Waals surface area contributed by atoms with Gasteiger partial charge in [-0.2, -0.15) is 13.2 Å². The number of rotatable bonds is 7. The first kappa shape index (κ1) is 24.0. The fraction of sp³-hybridized carbons (Fsp3) is 0.333. The van der Waals surface area contributed by atoms with E-state index in [2.05, 4.69) is 20.0 Å². The van der Waals surface area contributed by atoms with Gasteiger partial charge in [0.1, 0.15) is 29.9 Å². The van der Waals surface area contributed by atoms with Crippen molar-refractivity contribution in [3.05, 3.63) is 59.1 Å². The Bertz CT molecular complexity index is 1190. The number of nitrogens with zero attached hydrogens (tertiary/aromatic N) is 3. The number of carbonyl (C=O) groups is 2. The number of fused-ring (bicyclic) bond motifs is 1. The van der Waals surface area contributed by atoms with Crippen LogP contribution in [-0.2, 0) is 16.1 Å². The number of imidazole rings is 1. The van der Waals surface area contributed by atoms with Gasteiger partial charge < -0.3 is 14.8 Å². The number of methoxy groups -OCH3 is 1.